The van der Waals surface area contributed by atoms with Gasteiger partial charge in [-0.25, -0.2) is 0 Å². The summed E-state index contributed by atoms with van der Waals surface area (Å²) in [6.07, 6.45) is 0.435. The number of hydrogen-bond acceptors (Lipinski definition) is 3. The predicted molar refractivity (Wildman–Crippen MR) is 112 cm³/mol. The summed E-state index contributed by atoms with van der Waals surface area (Å²) < 4.78 is 0. The molecule has 4 nitrogen and oxygen atoms in total. The Morgan fingerprint density at radius 3 is 2.08 bits per heavy atom. The summed E-state index contributed by atoms with van der Waals surface area (Å²) in [5.74, 6) is 0.0236. The highest BCUT2D eigenvalue weighted by atomic mass is 16.1. The Kier molecular flexibility index (Phi) is 7.07. The van der Waals surface area contributed by atoms with Gasteiger partial charge in [0, 0.05) is 43.1 Å². The molecule has 2 N–H and O–H groups in total. The molecule has 4 heteroatoms. The van der Waals surface area contributed by atoms with Gasteiger partial charge in [-0.2, -0.15) is 0 Å². The number of carbonyl (C=O) groups is 1. The van der Waals surface area contributed by atoms with Crippen molar-refractivity contribution in [3.63, 3.8) is 0 Å². The standard InChI is InChI=1S/C22H31N3O/c1-6-25(7-2)20-10-8-19(9-11-20)24-21(26)12-13-23-22-17(4)14-16(3)15-18(22)5/h8-11,14-15,23H,6-7,12-13H2,1-5H3,(H,24,26). The Balaban J connectivity index is 1.86. The van der Waals surface area contributed by atoms with Gasteiger partial charge >= 0.3 is 0 Å². The van der Waals surface area contributed by atoms with E-state index >= 15 is 0 Å². The maximum atomic E-state index is 12.2. The second-order valence-corrected chi connectivity index (χ2v) is 6.72. The Bertz CT molecular complexity index is 711. The SMILES string of the molecule is CCN(CC)c1ccc(NC(=O)CCNc2c(C)cc(C)cc2C)cc1. The second kappa shape index (κ2) is 9.27. The van der Waals surface area contributed by atoms with Crippen molar-refractivity contribution in [3.05, 3.63) is 53.1 Å². The van der Waals surface area contributed by atoms with E-state index in [9.17, 15) is 4.79 Å². The van der Waals surface area contributed by atoms with Crippen LogP contribution in [0.25, 0.3) is 0 Å². The van der Waals surface area contributed by atoms with Crippen molar-refractivity contribution in [2.45, 2.75) is 41.0 Å². The van der Waals surface area contributed by atoms with Gasteiger partial charge in [-0.3, -0.25) is 4.79 Å². The topological polar surface area (TPSA) is 44.4 Å². The molecule has 2 aromatic rings. The zero-order valence-electron chi connectivity index (χ0n) is 16.6. The van der Waals surface area contributed by atoms with Gasteiger partial charge in [0.2, 0.25) is 5.91 Å². The van der Waals surface area contributed by atoms with E-state index in [2.05, 4.69) is 74.4 Å². The molecule has 26 heavy (non-hydrogen) atoms. The highest BCUT2D eigenvalue weighted by molar-refractivity contribution is 5.91. The van der Waals surface area contributed by atoms with E-state index in [0.29, 0.717) is 13.0 Å². The Morgan fingerprint density at radius 1 is 0.962 bits per heavy atom. The number of amides is 1. The summed E-state index contributed by atoms with van der Waals surface area (Å²) in [5.41, 5.74) is 6.85. The number of benzene rings is 2. The molecule has 0 saturated carbocycles. The minimum atomic E-state index is 0.0236. The highest BCUT2D eigenvalue weighted by Gasteiger charge is 2.07. The number of nitrogens with one attached hydrogen (secondary N) is 2. The van der Waals surface area contributed by atoms with Crippen molar-refractivity contribution in [1.82, 2.24) is 0 Å². The number of anilines is 3. The van der Waals surface area contributed by atoms with E-state index in [4.69, 9.17) is 0 Å². The van der Waals surface area contributed by atoms with Gasteiger partial charge in [0.1, 0.15) is 0 Å². The molecule has 0 aliphatic rings. The van der Waals surface area contributed by atoms with Crippen LogP contribution in [-0.2, 0) is 4.79 Å². The van der Waals surface area contributed by atoms with Crippen LogP contribution in [0.15, 0.2) is 36.4 Å². The molecule has 0 aromatic heterocycles. The van der Waals surface area contributed by atoms with Crippen molar-refractivity contribution in [2.75, 3.05) is 35.2 Å². The maximum absolute atomic E-state index is 12.2. The fraction of sp³-hybridized carbons (Fsp3) is 0.409. The molecule has 0 bridgehead atoms. The fourth-order valence-electron chi connectivity index (χ4n) is 3.33. The average Bonchev–Trinajstić information content (AvgIpc) is 2.59. The van der Waals surface area contributed by atoms with Gasteiger partial charge in [0.25, 0.3) is 0 Å². The number of carbonyl (C=O) groups excluding carboxylic acids is 1. The van der Waals surface area contributed by atoms with E-state index in [1.807, 2.05) is 12.1 Å². The van der Waals surface area contributed by atoms with Crippen LogP contribution >= 0.6 is 0 Å². The Morgan fingerprint density at radius 2 is 1.54 bits per heavy atom. The lowest BCUT2D eigenvalue weighted by atomic mass is 10.1. The van der Waals surface area contributed by atoms with Gasteiger partial charge in [-0.05, 0) is 70.0 Å². The van der Waals surface area contributed by atoms with Crippen LogP contribution < -0.4 is 15.5 Å². The minimum absolute atomic E-state index is 0.0236. The zero-order valence-corrected chi connectivity index (χ0v) is 16.6. The molecule has 1 amide bonds. The molecular weight excluding hydrogens is 322 g/mol. The molecule has 140 valence electrons. The lowest BCUT2D eigenvalue weighted by molar-refractivity contribution is -0.115. The first-order valence-electron chi connectivity index (χ1n) is 9.41. The van der Waals surface area contributed by atoms with E-state index < -0.39 is 0 Å². The molecule has 2 aromatic carbocycles. The van der Waals surface area contributed by atoms with E-state index in [-0.39, 0.29) is 5.91 Å². The first-order valence-corrected chi connectivity index (χ1v) is 9.41. The third kappa shape index (κ3) is 5.25. The monoisotopic (exact) mass is 353 g/mol. The van der Waals surface area contributed by atoms with Crippen LogP contribution in [0.1, 0.15) is 37.0 Å². The van der Waals surface area contributed by atoms with Crippen molar-refractivity contribution in [2.24, 2.45) is 0 Å². The molecule has 0 saturated heterocycles. The van der Waals surface area contributed by atoms with Crippen LogP contribution in [0.5, 0.6) is 0 Å². The summed E-state index contributed by atoms with van der Waals surface area (Å²) in [4.78, 5) is 14.5. The molecular formula is C22H31N3O. The molecule has 0 heterocycles. The summed E-state index contributed by atoms with van der Waals surface area (Å²) in [6, 6.07) is 12.4. The van der Waals surface area contributed by atoms with E-state index in [1.165, 1.54) is 22.4 Å². The second-order valence-electron chi connectivity index (χ2n) is 6.72. The normalized spacial score (nSPS) is 10.5. The maximum Gasteiger partial charge on any atom is 0.226 e. The fourth-order valence-corrected chi connectivity index (χ4v) is 3.33. The summed E-state index contributed by atoms with van der Waals surface area (Å²) in [5, 5.41) is 6.37. The van der Waals surface area contributed by atoms with E-state index in [0.717, 1.165) is 24.5 Å². The van der Waals surface area contributed by atoms with Crippen LogP contribution in [0, 0.1) is 20.8 Å². The van der Waals surface area contributed by atoms with Gasteiger partial charge < -0.3 is 15.5 Å². The van der Waals surface area contributed by atoms with Crippen LogP contribution in [0.2, 0.25) is 0 Å². The summed E-state index contributed by atoms with van der Waals surface area (Å²) in [6.45, 7) is 13.2. The van der Waals surface area contributed by atoms with Crippen molar-refractivity contribution in [3.8, 4) is 0 Å². The molecule has 0 spiro atoms. The quantitative estimate of drug-likeness (QED) is 0.709. The molecule has 2 rings (SSSR count). The largest absolute Gasteiger partial charge is 0.384 e. The number of hydrogen-bond donors (Lipinski definition) is 2. The molecule has 0 radical (unpaired) electrons. The van der Waals surface area contributed by atoms with Crippen LogP contribution in [0.4, 0.5) is 17.1 Å². The lowest BCUT2D eigenvalue weighted by Crippen LogP contribution is -2.21. The number of nitrogens with zero attached hydrogens (tertiary/aromatic N) is 1. The molecule has 0 fully saturated rings. The number of rotatable bonds is 8. The smallest absolute Gasteiger partial charge is 0.226 e. The van der Waals surface area contributed by atoms with Crippen molar-refractivity contribution in [1.29, 1.82) is 0 Å². The molecule has 0 unspecified atom stereocenters. The zero-order chi connectivity index (χ0) is 19.1. The summed E-state index contributed by atoms with van der Waals surface area (Å²) >= 11 is 0. The molecule has 0 aliphatic heterocycles. The van der Waals surface area contributed by atoms with Crippen molar-refractivity contribution < 1.29 is 4.79 Å². The summed E-state index contributed by atoms with van der Waals surface area (Å²) in [7, 11) is 0. The third-order valence-corrected chi connectivity index (χ3v) is 4.61. The first-order chi connectivity index (χ1) is 12.4. The molecule has 0 atom stereocenters. The first kappa shape index (κ1) is 19.8. The minimum Gasteiger partial charge on any atom is -0.384 e. The van der Waals surface area contributed by atoms with Crippen molar-refractivity contribution >= 4 is 23.0 Å². The van der Waals surface area contributed by atoms with Gasteiger partial charge in [0.15, 0.2) is 0 Å². The Hall–Kier alpha value is -2.49. The molecule has 0 aliphatic carbocycles. The van der Waals surface area contributed by atoms with Crippen LogP contribution in [0.3, 0.4) is 0 Å². The average molecular weight is 354 g/mol. The van der Waals surface area contributed by atoms with E-state index in [1.54, 1.807) is 0 Å². The third-order valence-electron chi connectivity index (χ3n) is 4.61. The number of aryl methyl sites for hydroxylation is 3. The van der Waals surface area contributed by atoms with Gasteiger partial charge in [0.05, 0.1) is 0 Å². The Labute approximate surface area is 157 Å². The van der Waals surface area contributed by atoms with Gasteiger partial charge in [-0.1, -0.05) is 17.7 Å². The predicted octanol–water partition coefficient (Wildman–Crippen LogP) is 4.90. The van der Waals surface area contributed by atoms with Gasteiger partial charge in [-0.15, -0.1) is 0 Å². The lowest BCUT2D eigenvalue weighted by Gasteiger charge is -2.21. The van der Waals surface area contributed by atoms with Crippen LogP contribution in [-0.4, -0.2) is 25.5 Å². The highest BCUT2D eigenvalue weighted by Crippen LogP contribution is 2.22.